The van der Waals surface area contributed by atoms with E-state index in [1.807, 2.05) is 14.1 Å². The minimum absolute atomic E-state index is 0.116. The fourth-order valence-corrected chi connectivity index (χ4v) is 3.87. The third-order valence-corrected chi connectivity index (χ3v) is 5.73. The van der Waals surface area contributed by atoms with Crippen LogP contribution in [0, 0.1) is 11.6 Å². The highest BCUT2D eigenvalue weighted by molar-refractivity contribution is 8.00. The molecular formula is C20H29F2N5OS. The summed E-state index contributed by atoms with van der Waals surface area (Å²) in [4.78, 5) is 14.6. The smallest absolute Gasteiger partial charge is 0.237 e. The zero-order chi connectivity index (χ0) is 21.6. The first-order valence-corrected chi connectivity index (χ1v) is 10.7. The largest absolute Gasteiger partial charge is 0.320 e. The summed E-state index contributed by atoms with van der Waals surface area (Å²) in [5.74, 6) is -1.24. The maximum atomic E-state index is 13.8. The van der Waals surface area contributed by atoms with Gasteiger partial charge in [-0.15, -0.1) is 10.2 Å². The Morgan fingerprint density at radius 2 is 1.90 bits per heavy atom. The van der Waals surface area contributed by atoms with Crippen LogP contribution in [0.1, 0.15) is 51.9 Å². The Labute approximate surface area is 175 Å². The number of amides is 1. The number of nitrogens with zero attached hydrogens (tertiary/aromatic N) is 4. The molecule has 0 aliphatic carbocycles. The van der Waals surface area contributed by atoms with E-state index < -0.39 is 28.5 Å². The molecule has 1 heterocycles. The van der Waals surface area contributed by atoms with Crippen LogP contribution < -0.4 is 5.32 Å². The van der Waals surface area contributed by atoms with Gasteiger partial charge in [0.05, 0.1) is 11.3 Å². The number of unbranched alkanes of at least 4 members (excludes halogenated alkanes) is 1. The monoisotopic (exact) mass is 425 g/mol. The van der Waals surface area contributed by atoms with Gasteiger partial charge in [-0.3, -0.25) is 9.69 Å². The van der Waals surface area contributed by atoms with Crippen molar-refractivity contribution in [2.75, 3.05) is 19.4 Å². The Hall–Kier alpha value is -2.00. The summed E-state index contributed by atoms with van der Waals surface area (Å²) in [7, 11) is 4.00. The number of hydrogen-bond donors (Lipinski definition) is 1. The summed E-state index contributed by atoms with van der Waals surface area (Å²) in [6.45, 7) is 6.64. The Balaban J connectivity index is 2.21. The highest BCUT2D eigenvalue weighted by atomic mass is 32.2. The third kappa shape index (κ3) is 5.76. The molecule has 160 valence electrons. The summed E-state index contributed by atoms with van der Waals surface area (Å²) < 4.78 is 29.7. The SMILES string of the molecule is CCCCn1c(SC(C)C(=O)Nc2c(F)cccc2F)nnc1C(CC)N(C)C. The van der Waals surface area contributed by atoms with Crippen molar-refractivity contribution in [3.8, 4) is 0 Å². The Bertz CT molecular complexity index is 807. The number of nitrogens with one attached hydrogen (secondary N) is 1. The van der Waals surface area contributed by atoms with Gasteiger partial charge >= 0.3 is 0 Å². The molecule has 2 atom stereocenters. The van der Waals surface area contributed by atoms with Crippen LogP contribution in [-0.2, 0) is 11.3 Å². The van der Waals surface area contributed by atoms with E-state index in [9.17, 15) is 13.6 Å². The van der Waals surface area contributed by atoms with Crippen LogP contribution in [0.4, 0.5) is 14.5 Å². The Kier molecular flexibility index (Phi) is 8.58. The molecule has 0 spiro atoms. The number of carbonyl (C=O) groups excluding carboxylic acids is 1. The summed E-state index contributed by atoms with van der Waals surface area (Å²) in [5, 5.41) is 11.1. The molecule has 0 fully saturated rings. The zero-order valence-electron chi connectivity index (χ0n) is 17.6. The average Bonchev–Trinajstić information content (AvgIpc) is 3.05. The lowest BCUT2D eigenvalue weighted by Gasteiger charge is -2.23. The van der Waals surface area contributed by atoms with Gasteiger partial charge in [0.25, 0.3) is 0 Å². The van der Waals surface area contributed by atoms with E-state index in [1.165, 1.54) is 17.8 Å². The lowest BCUT2D eigenvalue weighted by Crippen LogP contribution is -2.25. The molecular weight excluding hydrogens is 396 g/mol. The first-order chi connectivity index (χ1) is 13.8. The molecule has 0 aliphatic heterocycles. The first-order valence-electron chi connectivity index (χ1n) is 9.81. The van der Waals surface area contributed by atoms with E-state index in [1.54, 1.807) is 6.92 Å². The van der Waals surface area contributed by atoms with Crippen molar-refractivity contribution in [3.63, 3.8) is 0 Å². The molecule has 0 radical (unpaired) electrons. The number of aromatic nitrogens is 3. The predicted octanol–water partition coefficient (Wildman–Crippen LogP) is 4.49. The molecule has 6 nitrogen and oxygen atoms in total. The van der Waals surface area contributed by atoms with Crippen LogP contribution >= 0.6 is 11.8 Å². The second-order valence-electron chi connectivity index (χ2n) is 7.08. The molecule has 2 unspecified atom stereocenters. The van der Waals surface area contributed by atoms with Gasteiger partial charge in [0.2, 0.25) is 5.91 Å². The van der Waals surface area contributed by atoms with E-state index in [0.717, 1.165) is 43.8 Å². The zero-order valence-corrected chi connectivity index (χ0v) is 18.4. The Morgan fingerprint density at radius 1 is 1.24 bits per heavy atom. The minimum atomic E-state index is -0.805. The van der Waals surface area contributed by atoms with Crippen molar-refractivity contribution >= 4 is 23.4 Å². The quantitative estimate of drug-likeness (QED) is 0.569. The summed E-state index contributed by atoms with van der Waals surface area (Å²) in [6.07, 6.45) is 2.86. The number of hydrogen-bond acceptors (Lipinski definition) is 5. The van der Waals surface area contributed by atoms with E-state index >= 15 is 0 Å². The van der Waals surface area contributed by atoms with Crippen molar-refractivity contribution in [3.05, 3.63) is 35.7 Å². The minimum Gasteiger partial charge on any atom is -0.320 e. The van der Waals surface area contributed by atoms with E-state index in [2.05, 4.69) is 38.8 Å². The standard InChI is InChI=1S/C20H29F2N5OS/c1-6-8-12-27-18(16(7-2)26(4)5)24-25-20(27)29-13(3)19(28)23-17-14(21)10-9-11-15(17)22/h9-11,13,16H,6-8,12H2,1-5H3,(H,23,28). The molecule has 1 aromatic heterocycles. The summed E-state index contributed by atoms with van der Waals surface area (Å²) >= 11 is 1.23. The molecule has 0 saturated carbocycles. The average molecular weight is 426 g/mol. The predicted molar refractivity (Wildman–Crippen MR) is 112 cm³/mol. The molecule has 0 bridgehead atoms. The van der Waals surface area contributed by atoms with Gasteiger partial charge in [-0.25, -0.2) is 8.78 Å². The lowest BCUT2D eigenvalue weighted by molar-refractivity contribution is -0.115. The molecule has 2 aromatic rings. The fraction of sp³-hybridized carbons (Fsp3) is 0.550. The van der Waals surface area contributed by atoms with Crippen LogP contribution in [0.3, 0.4) is 0 Å². The van der Waals surface area contributed by atoms with Crippen LogP contribution in [-0.4, -0.2) is 44.9 Å². The first kappa shape index (κ1) is 23.3. The summed E-state index contributed by atoms with van der Waals surface area (Å²) in [5.41, 5.74) is -0.434. The molecule has 2 rings (SSSR count). The molecule has 0 saturated heterocycles. The van der Waals surface area contributed by atoms with Gasteiger partial charge in [0.15, 0.2) is 11.0 Å². The van der Waals surface area contributed by atoms with Crippen LogP contribution in [0.15, 0.2) is 23.4 Å². The number of anilines is 1. The van der Waals surface area contributed by atoms with Gasteiger partial charge in [0, 0.05) is 6.54 Å². The maximum absolute atomic E-state index is 13.8. The van der Waals surface area contributed by atoms with Crippen molar-refractivity contribution < 1.29 is 13.6 Å². The maximum Gasteiger partial charge on any atom is 0.237 e. The van der Waals surface area contributed by atoms with Crippen molar-refractivity contribution in [1.29, 1.82) is 0 Å². The van der Waals surface area contributed by atoms with Gasteiger partial charge in [-0.05, 0) is 46.0 Å². The number of carbonyl (C=O) groups is 1. The highest BCUT2D eigenvalue weighted by Crippen LogP contribution is 2.29. The van der Waals surface area contributed by atoms with Crippen molar-refractivity contribution in [2.45, 2.75) is 63.0 Å². The van der Waals surface area contributed by atoms with Crippen molar-refractivity contribution in [1.82, 2.24) is 19.7 Å². The van der Waals surface area contributed by atoms with Gasteiger partial charge < -0.3 is 9.88 Å². The molecule has 1 amide bonds. The number of halogens is 2. The molecule has 9 heteroatoms. The second kappa shape index (κ2) is 10.7. The van der Waals surface area contributed by atoms with Crippen LogP contribution in [0.5, 0.6) is 0 Å². The molecule has 1 N–H and O–H groups in total. The van der Waals surface area contributed by atoms with Crippen molar-refractivity contribution in [2.24, 2.45) is 0 Å². The topological polar surface area (TPSA) is 63.1 Å². The fourth-order valence-electron chi connectivity index (χ4n) is 2.99. The van der Waals surface area contributed by atoms with E-state index in [-0.39, 0.29) is 6.04 Å². The second-order valence-corrected chi connectivity index (χ2v) is 8.39. The van der Waals surface area contributed by atoms with Crippen LogP contribution in [0.2, 0.25) is 0 Å². The number of benzene rings is 1. The number of rotatable bonds is 10. The van der Waals surface area contributed by atoms with E-state index in [4.69, 9.17) is 0 Å². The third-order valence-electron chi connectivity index (χ3n) is 4.65. The lowest BCUT2D eigenvalue weighted by atomic mass is 10.2. The number of para-hydroxylation sites is 1. The Morgan fingerprint density at radius 3 is 2.45 bits per heavy atom. The normalized spacial score (nSPS) is 13.5. The van der Waals surface area contributed by atoms with E-state index in [0.29, 0.717) is 5.16 Å². The molecule has 0 aliphatic rings. The van der Waals surface area contributed by atoms with Gasteiger partial charge in [-0.2, -0.15) is 0 Å². The van der Waals surface area contributed by atoms with Gasteiger partial charge in [-0.1, -0.05) is 38.1 Å². The highest BCUT2D eigenvalue weighted by Gasteiger charge is 2.25. The molecule has 29 heavy (non-hydrogen) atoms. The van der Waals surface area contributed by atoms with Crippen LogP contribution in [0.25, 0.3) is 0 Å². The molecule has 1 aromatic carbocycles. The number of thioether (sulfide) groups is 1. The van der Waals surface area contributed by atoms with Gasteiger partial charge in [0.1, 0.15) is 17.3 Å². The summed E-state index contributed by atoms with van der Waals surface area (Å²) in [6, 6.07) is 3.59.